The van der Waals surface area contributed by atoms with Crippen LogP contribution in [-0.4, -0.2) is 37.6 Å². The van der Waals surface area contributed by atoms with E-state index in [-0.39, 0.29) is 11.9 Å². The molecule has 4 heteroatoms. The molecule has 23 heavy (non-hydrogen) atoms. The van der Waals surface area contributed by atoms with E-state index in [2.05, 4.69) is 47.6 Å². The van der Waals surface area contributed by atoms with Crippen molar-refractivity contribution < 1.29 is 4.79 Å². The highest BCUT2D eigenvalue weighted by Gasteiger charge is 2.26. The van der Waals surface area contributed by atoms with Gasteiger partial charge in [0.05, 0.1) is 6.04 Å². The summed E-state index contributed by atoms with van der Waals surface area (Å²) in [6, 6.07) is 7.03. The first-order valence-corrected chi connectivity index (χ1v) is 9.00. The van der Waals surface area contributed by atoms with E-state index in [1.807, 2.05) is 0 Å². The maximum absolute atomic E-state index is 12.1. The van der Waals surface area contributed by atoms with Gasteiger partial charge in [-0.05, 0) is 63.1 Å². The number of nitrogens with one attached hydrogen (secondary N) is 2. The van der Waals surface area contributed by atoms with Gasteiger partial charge in [-0.3, -0.25) is 4.79 Å². The van der Waals surface area contributed by atoms with Crippen molar-refractivity contribution in [2.75, 3.05) is 24.5 Å². The molecule has 0 radical (unpaired) electrons. The summed E-state index contributed by atoms with van der Waals surface area (Å²) in [5.74, 6) is 0.194. The monoisotopic (exact) mass is 315 g/mol. The van der Waals surface area contributed by atoms with E-state index in [9.17, 15) is 4.79 Å². The molecular formula is C19H29N3O. The number of anilines is 1. The number of piperidine rings is 1. The third-order valence-corrected chi connectivity index (χ3v) is 5.38. The molecule has 2 heterocycles. The van der Waals surface area contributed by atoms with Crippen LogP contribution in [0.4, 0.5) is 5.69 Å². The molecule has 0 aliphatic carbocycles. The van der Waals surface area contributed by atoms with Crippen LogP contribution in [0.25, 0.3) is 0 Å². The van der Waals surface area contributed by atoms with E-state index in [1.54, 1.807) is 0 Å². The van der Waals surface area contributed by atoms with Gasteiger partial charge in [-0.1, -0.05) is 12.1 Å². The summed E-state index contributed by atoms with van der Waals surface area (Å²) in [6.45, 7) is 7.36. The van der Waals surface area contributed by atoms with Gasteiger partial charge in [-0.15, -0.1) is 0 Å². The summed E-state index contributed by atoms with van der Waals surface area (Å²) in [5.41, 5.74) is 4.12. The van der Waals surface area contributed by atoms with Gasteiger partial charge in [-0.25, -0.2) is 0 Å². The Hall–Kier alpha value is -1.55. The molecule has 0 spiro atoms. The molecule has 2 N–H and O–H groups in total. The van der Waals surface area contributed by atoms with Crippen molar-refractivity contribution in [3.63, 3.8) is 0 Å². The molecule has 0 saturated carbocycles. The lowest BCUT2D eigenvalue weighted by atomic mass is 10.00. The lowest BCUT2D eigenvalue weighted by Crippen LogP contribution is -2.51. The molecule has 2 saturated heterocycles. The lowest BCUT2D eigenvalue weighted by Gasteiger charge is -2.36. The molecule has 2 fully saturated rings. The summed E-state index contributed by atoms with van der Waals surface area (Å²) in [5, 5.41) is 6.63. The predicted molar refractivity (Wildman–Crippen MR) is 94.9 cm³/mol. The molecule has 1 atom stereocenters. The largest absolute Gasteiger partial charge is 0.371 e. The fourth-order valence-electron chi connectivity index (χ4n) is 3.75. The minimum absolute atomic E-state index is 0.00903. The first-order chi connectivity index (χ1) is 11.1. The number of nitrogens with zero attached hydrogens (tertiary/aromatic N) is 1. The molecule has 3 rings (SSSR count). The zero-order valence-corrected chi connectivity index (χ0v) is 14.4. The van der Waals surface area contributed by atoms with Gasteiger partial charge >= 0.3 is 0 Å². The average Bonchev–Trinajstić information content (AvgIpc) is 2.76. The molecule has 126 valence electrons. The Balaban J connectivity index is 1.56. The Bertz CT molecular complexity index is 550. The maximum Gasteiger partial charge on any atom is 0.237 e. The van der Waals surface area contributed by atoms with Gasteiger partial charge < -0.3 is 15.5 Å². The van der Waals surface area contributed by atoms with Crippen molar-refractivity contribution in [3.05, 3.63) is 29.3 Å². The van der Waals surface area contributed by atoms with Gasteiger partial charge in [-0.2, -0.15) is 0 Å². The molecular weight excluding hydrogens is 286 g/mol. The van der Waals surface area contributed by atoms with Crippen LogP contribution < -0.4 is 15.5 Å². The third kappa shape index (κ3) is 3.86. The smallest absolute Gasteiger partial charge is 0.237 e. The predicted octanol–water partition coefficient (Wildman–Crippen LogP) is 2.53. The molecule has 1 aromatic rings. The number of amides is 1. The van der Waals surface area contributed by atoms with E-state index < -0.39 is 0 Å². The van der Waals surface area contributed by atoms with Gasteiger partial charge in [0.1, 0.15) is 0 Å². The normalized spacial score (nSPS) is 23.5. The Morgan fingerprint density at radius 1 is 1.13 bits per heavy atom. The van der Waals surface area contributed by atoms with E-state index in [0.717, 1.165) is 51.7 Å². The van der Waals surface area contributed by atoms with Crippen LogP contribution in [0, 0.1) is 13.8 Å². The molecule has 1 aromatic carbocycles. The summed E-state index contributed by atoms with van der Waals surface area (Å²) in [7, 11) is 0. The Labute approximate surface area is 139 Å². The van der Waals surface area contributed by atoms with Crippen molar-refractivity contribution in [2.45, 2.75) is 58.0 Å². The molecule has 4 nitrogen and oxygen atoms in total. The molecule has 0 bridgehead atoms. The second-order valence-electron chi connectivity index (χ2n) is 6.99. The van der Waals surface area contributed by atoms with Crippen molar-refractivity contribution in [1.82, 2.24) is 10.6 Å². The highest BCUT2D eigenvalue weighted by molar-refractivity contribution is 5.81. The van der Waals surface area contributed by atoms with Crippen LogP contribution in [0.2, 0.25) is 0 Å². The van der Waals surface area contributed by atoms with Crippen molar-refractivity contribution in [1.29, 1.82) is 0 Å². The molecule has 1 amide bonds. The fraction of sp³-hybridized carbons (Fsp3) is 0.632. The Morgan fingerprint density at radius 2 is 1.91 bits per heavy atom. The van der Waals surface area contributed by atoms with Crippen molar-refractivity contribution in [2.24, 2.45) is 0 Å². The molecule has 2 aliphatic rings. The van der Waals surface area contributed by atoms with Crippen LogP contribution in [0.15, 0.2) is 18.2 Å². The molecule has 1 unspecified atom stereocenters. The zero-order valence-electron chi connectivity index (χ0n) is 14.4. The fourth-order valence-corrected chi connectivity index (χ4v) is 3.75. The summed E-state index contributed by atoms with van der Waals surface area (Å²) < 4.78 is 0. The lowest BCUT2D eigenvalue weighted by molar-refractivity contribution is -0.123. The summed E-state index contributed by atoms with van der Waals surface area (Å²) in [6.07, 6.45) is 5.43. The van der Waals surface area contributed by atoms with Gasteiger partial charge in [0.2, 0.25) is 5.91 Å². The SMILES string of the molecule is Cc1cccc(N2CCC(NC3CCCCNC3=O)CC2)c1C. The van der Waals surface area contributed by atoms with Crippen LogP contribution in [0.1, 0.15) is 43.2 Å². The summed E-state index contributed by atoms with van der Waals surface area (Å²) in [4.78, 5) is 14.6. The van der Waals surface area contributed by atoms with Crippen molar-refractivity contribution in [3.8, 4) is 0 Å². The first-order valence-electron chi connectivity index (χ1n) is 9.00. The number of carbonyl (C=O) groups excluding carboxylic acids is 1. The van der Waals surface area contributed by atoms with E-state index in [4.69, 9.17) is 0 Å². The number of rotatable bonds is 3. The number of aryl methyl sites for hydroxylation is 1. The van der Waals surface area contributed by atoms with Crippen LogP contribution in [0.3, 0.4) is 0 Å². The van der Waals surface area contributed by atoms with Crippen LogP contribution >= 0.6 is 0 Å². The van der Waals surface area contributed by atoms with E-state index in [0.29, 0.717) is 6.04 Å². The van der Waals surface area contributed by atoms with Gasteiger partial charge in [0, 0.05) is 31.4 Å². The zero-order chi connectivity index (χ0) is 16.2. The highest BCUT2D eigenvalue weighted by Crippen LogP contribution is 2.26. The minimum Gasteiger partial charge on any atom is -0.371 e. The topological polar surface area (TPSA) is 44.4 Å². The number of hydrogen-bond acceptors (Lipinski definition) is 3. The van der Waals surface area contributed by atoms with Crippen LogP contribution in [-0.2, 0) is 4.79 Å². The summed E-state index contributed by atoms with van der Waals surface area (Å²) >= 11 is 0. The van der Waals surface area contributed by atoms with Crippen LogP contribution in [0.5, 0.6) is 0 Å². The van der Waals surface area contributed by atoms with Gasteiger partial charge in [0.25, 0.3) is 0 Å². The molecule has 2 aliphatic heterocycles. The van der Waals surface area contributed by atoms with E-state index in [1.165, 1.54) is 16.8 Å². The number of hydrogen-bond donors (Lipinski definition) is 2. The Kier molecular flexibility index (Phi) is 5.21. The van der Waals surface area contributed by atoms with Gasteiger partial charge in [0.15, 0.2) is 0 Å². The second-order valence-corrected chi connectivity index (χ2v) is 6.99. The number of benzene rings is 1. The highest BCUT2D eigenvalue weighted by atomic mass is 16.2. The van der Waals surface area contributed by atoms with Crippen molar-refractivity contribution >= 4 is 11.6 Å². The van der Waals surface area contributed by atoms with E-state index >= 15 is 0 Å². The average molecular weight is 315 g/mol. The second kappa shape index (κ2) is 7.35. The number of carbonyl (C=O) groups is 1. The quantitative estimate of drug-likeness (QED) is 0.901. The maximum atomic E-state index is 12.1. The minimum atomic E-state index is 0.00903. The third-order valence-electron chi connectivity index (χ3n) is 5.38. The molecule has 0 aromatic heterocycles. The Morgan fingerprint density at radius 3 is 2.70 bits per heavy atom. The standard InChI is InChI=1S/C19H29N3O/c1-14-6-5-8-18(15(14)2)22-12-9-16(10-13-22)21-17-7-3-4-11-20-19(17)23/h5-6,8,16-17,21H,3-4,7,9-13H2,1-2H3,(H,20,23). The first kappa shape index (κ1) is 16.3.